The Balaban J connectivity index is 1.51. The minimum absolute atomic E-state index is 0.220. The molecule has 38 heavy (non-hydrogen) atoms. The predicted octanol–water partition coefficient (Wildman–Crippen LogP) is 6.59. The largest absolute Gasteiger partial charge is 0.478 e. The number of H-pyrrole nitrogens is 1. The molecular formula is C29H28F2N2O5. The smallest absolute Gasteiger partial charge is 0.347 e. The number of aromatic amines is 1. The first-order valence-electron chi connectivity index (χ1n) is 11.9. The van der Waals surface area contributed by atoms with E-state index < -0.39 is 35.2 Å². The van der Waals surface area contributed by atoms with Crippen LogP contribution in [0, 0.1) is 25.5 Å². The maximum atomic E-state index is 14.5. The van der Waals surface area contributed by atoms with Crippen molar-refractivity contribution in [1.29, 1.82) is 0 Å². The van der Waals surface area contributed by atoms with E-state index in [-0.39, 0.29) is 5.75 Å². The Morgan fingerprint density at radius 1 is 0.974 bits per heavy atom. The monoisotopic (exact) mass is 522 g/mol. The van der Waals surface area contributed by atoms with Crippen LogP contribution in [0.4, 0.5) is 8.78 Å². The summed E-state index contributed by atoms with van der Waals surface area (Å²) in [5.74, 6) is -1.44. The average molecular weight is 523 g/mol. The number of aliphatic carboxylic acids is 1. The van der Waals surface area contributed by atoms with Gasteiger partial charge in [-0.2, -0.15) is 0 Å². The summed E-state index contributed by atoms with van der Waals surface area (Å²) in [7, 11) is 0. The lowest BCUT2D eigenvalue weighted by Crippen LogP contribution is -2.38. The second-order valence-corrected chi connectivity index (χ2v) is 9.68. The molecule has 0 aliphatic heterocycles. The molecule has 0 spiro atoms. The van der Waals surface area contributed by atoms with Crippen molar-refractivity contribution < 1.29 is 33.0 Å². The van der Waals surface area contributed by atoms with Crippen LogP contribution in [0.1, 0.15) is 54.0 Å². The van der Waals surface area contributed by atoms with Crippen molar-refractivity contribution >= 4 is 22.8 Å². The van der Waals surface area contributed by atoms with Crippen molar-refractivity contribution in [1.82, 2.24) is 10.3 Å². The predicted molar refractivity (Wildman–Crippen MR) is 139 cm³/mol. The van der Waals surface area contributed by atoms with Crippen LogP contribution in [0.2, 0.25) is 0 Å². The van der Waals surface area contributed by atoms with Crippen LogP contribution < -0.4 is 14.8 Å². The molecular weight excluding hydrogens is 494 g/mol. The van der Waals surface area contributed by atoms with Crippen LogP contribution >= 0.6 is 0 Å². The van der Waals surface area contributed by atoms with E-state index in [2.05, 4.69) is 10.3 Å². The molecule has 1 heterocycles. The lowest BCUT2D eigenvalue weighted by molar-refractivity contribution is -0.152. The Morgan fingerprint density at radius 3 is 2.39 bits per heavy atom. The molecule has 0 radical (unpaired) electrons. The van der Waals surface area contributed by atoms with Crippen molar-refractivity contribution in [3.63, 3.8) is 0 Å². The van der Waals surface area contributed by atoms with Crippen LogP contribution in [0.5, 0.6) is 17.2 Å². The van der Waals surface area contributed by atoms with Crippen molar-refractivity contribution in [3.8, 4) is 17.2 Å². The first-order valence-corrected chi connectivity index (χ1v) is 11.9. The number of nitrogens with one attached hydrogen (secondary N) is 2. The van der Waals surface area contributed by atoms with E-state index in [9.17, 15) is 23.5 Å². The quantitative estimate of drug-likeness (QED) is 0.242. The zero-order chi connectivity index (χ0) is 27.8. The molecule has 0 fully saturated rings. The summed E-state index contributed by atoms with van der Waals surface area (Å²) < 4.78 is 39.6. The highest BCUT2D eigenvalue weighted by molar-refractivity contribution is 6.01. The zero-order valence-electron chi connectivity index (χ0n) is 21.6. The van der Waals surface area contributed by atoms with Gasteiger partial charge in [-0.1, -0.05) is 0 Å². The van der Waals surface area contributed by atoms with Gasteiger partial charge in [-0.05, 0) is 99.8 Å². The topological polar surface area (TPSA) is 101 Å². The van der Waals surface area contributed by atoms with Gasteiger partial charge in [0.2, 0.25) is 0 Å². The molecule has 0 aliphatic carbocycles. The number of carboxylic acid groups (broad SMARTS) is 1. The number of hydrogen-bond donors (Lipinski definition) is 3. The zero-order valence-corrected chi connectivity index (χ0v) is 21.6. The Bertz CT molecular complexity index is 1540. The molecule has 4 rings (SSSR count). The molecule has 3 aromatic carbocycles. The average Bonchev–Trinajstić information content (AvgIpc) is 3.16. The first-order chi connectivity index (χ1) is 17.8. The SMILES string of the molecule is Cc1cc(Oc2cc(F)cc(C(C)NC(=O)c3[nH]c4ccc(F)cc4c3C)c2)ccc1OC(C)(C)C(=O)O. The highest BCUT2D eigenvalue weighted by Crippen LogP contribution is 2.31. The second kappa shape index (κ2) is 10.2. The van der Waals surface area contributed by atoms with E-state index in [1.54, 1.807) is 51.1 Å². The lowest BCUT2D eigenvalue weighted by Gasteiger charge is -2.23. The van der Waals surface area contributed by atoms with E-state index in [4.69, 9.17) is 9.47 Å². The fraction of sp³-hybridized carbons (Fsp3) is 0.241. The van der Waals surface area contributed by atoms with E-state index >= 15 is 0 Å². The molecule has 1 aromatic heterocycles. The van der Waals surface area contributed by atoms with E-state index in [0.29, 0.717) is 44.8 Å². The molecule has 0 bridgehead atoms. The van der Waals surface area contributed by atoms with Gasteiger partial charge in [0, 0.05) is 17.0 Å². The first kappa shape index (κ1) is 26.7. The van der Waals surface area contributed by atoms with Gasteiger partial charge in [-0.15, -0.1) is 0 Å². The maximum absolute atomic E-state index is 14.5. The van der Waals surface area contributed by atoms with Gasteiger partial charge in [0.25, 0.3) is 5.91 Å². The number of aryl methyl sites for hydroxylation is 2. The van der Waals surface area contributed by atoms with Crippen LogP contribution in [-0.4, -0.2) is 27.6 Å². The van der Waals surface area contributed by atoms with Crippen molar-refractivity contribution in [2.24, 2.45) is 0 Å². The summed E-state index contributed by atoms with van der Waals surface area (Å²) in [6.07, 6.45) is 0. The number of hydrogen-bond acceptors (Lipinski definition) is 4. The normalized spacial score (nSPS) is 12.3. The Morgan fingerprint density at radius 2 is 1.71 bits per heavy atom. The number of halogens is 2. The van der Waals surface area contributed by atoms with Gasteiger partial charge in [0.05, 0.1) is 6.04 Å². The molecule has 198 valence electrons. The third-order valence-corrected chi connectivity index (χ3v) is 6.25. The number of fused-ring (bicyclic) bond motifs is 1. The molecule has 1 unspecified atom stereocenters. The van der Waals surface area contributed by atoms with E-state index in [0.717, 1.165) is 0 Å². The number of carbonyl (C=O) groups is 2. The van der Waals surface area contributed by atoms with Crippen LogP contribution in [0.15, 0.2) is 54.6 Å². The number of benzene rings is 3. The van der Waals surface area contributed by atoms with Crippen LogP contribution in [0.3, 0.4) is 0 Å². The fourth-order valence-electron chi connectivity index (χ4n) is 4.03. The number of carboxylic acids is 1. The number of ether oxygens (including phenoxy) is 2. The molecule has 9 heteroatoms. The summed E-state index contributed by atoms with van der Waals surface area (Å²) in [6.45, 7) is 8.09. The maximum Gasteiger partial charge on any atom is 0.347 e. The number of amides is 1. The van der Waals surface area contributed by atoms with Crippen molar-refractivity contribution in [3.05, 3.63) is 88.6 Å². The number of aromatic nitrogens is 1. The molecule has 0 saturated heterocycles. The molecule has 0 aliphatic rings. The summed E-state index contributed by atoms with van der Waals surface area (Å²) in [5, 5.41) is 12.7. The summed E-state index contributed by atoms with van der Waals surface area (Å²) >= 11 is 0. The van der Waals surface area contributed by atoms with Crippen molar-refractivity contribution in [2.75, 3.05) is 0 Å². The Hall–Kier alpha value is -4.40. The molecule has 3 N–H and O–H groups in total. The molecule has 4 aromatic rings. The highest BCUT2D eigenvalue weighted by Gasteiger charge is 2.30. The molecule has 1 amide bonds. The third kappa shape index (κ3) is 5.61. The number of rotatable bonds is 8. The lowest BCUT2D eigenvalue weighted by atomic mass is 10.1. The fourth-order valence-corrected chi connectivity index (χ4v) is 4.03. The molecule has 1 atom stereocenters. The van der Waals surface area contributed by atoms with E-state index in [1.165, 1.54) is 38.1 Å². The van der Waals surface area contributed by atoms with Gasteiger partial charge < -0.3 is 24.9 Å². The van der Waals surface area contributed by atoms with Gasteiger partial charge >= 0.3 is 5.97 Å². The Kier molecular flexibility index (Phi) is 7.13. The Labute approximate surface area is 218 Å². The summed E-state index contributed by atoms with van der Waals surface area (Å²) in [4.78, 5) is 27.3. The van der Waals surface area contributed by atoms with Gasteiger partial charge in [-0.25, -0.2) is 13.6 Å². The second-order valence-electron chi connectivity index (χ2n) is 9.68. The van der Waals surface area contributed by atoms with Gasteiger partial charge in [-0.3, -0.25) is 4.79 Å². The van der Waals surface area contributed by atoms with Gasteiger partial charge in [0.1, 0.15) is 34.6 Å². The minimum Gasteiger partial charge on any atom is -0.478 e. The summed E-state index contributed by atoms with van der Waals surface area (Å²) in [6, 6.07) is 12.7. The van der Waals surface area contributed by atoms with Crippen LogP contribution in [0.25, 0.3) is 10.9 Å². The van der Waals surface area contributed by atoms with Crippen molar-refractivity contribution in [2.45, 2.75) is 46.3 Å². The highest BCUT2D eigenvalue weighted by atomic mass is 19.1. The number of carbonyl (C=O) groups excluding carboxylic acids is 1. The minimum atomic E-state index is -1.41. The molecule has 7 nitrogen and oxygen atoms in total. The summed E-state index contributed by atoms with van der Waals surface area (Å²) in [5.41, 5.74) is 1.26. The standard InChI is InChI=1S/C29H28F2N2O5/c1-15-10-21(7-9-25(15)38-29(4,5)28(35)36)37-22-12-18(11-20(31)13-22)17(3)32-27(34)26-16(2)23-14-19(30)6-8-24(23)33-26/h6-14,17,33H,1-5H3,(H,32,34)(H,35,36). The molecule has 0 saturated carbocycles. The third-order valence-electron chi connectivity index (χ3n) is 6.25. The van der Waals surface area contributed by atoms with E-state index in [1.807, 2.05) is 0 Å². The van der Waals surface area contributed by atoms with Gasteiger partial charge in [0.15, 0.2) is 5.60 Å². The van der Waals surface area contributed by atoms with Crippen LogP contribution in [-0.2, 0) is 4.79 Å².